The summed E-state index contributed by atoms with van der Waals surface area (Å²) in [4.78, 5) is 12.5. The van der Waals surface area contributed by atoms with Crippen molar-refractivity contribution in [3.05, 3.63) is 12.3 Å². The lowest BCUT2D eigenvalue weighted by Gasteiger charge is -2.23. The lowest BCUT2D eigenvalue weighted by atomic mass is 9.92. The lowest BCUT2D eigenvalue weighted by molar-refractivity contribution is -0.118. The fourth-order valence-corrected chi connectivity index (χ4v) is 3.97. The second-order valence-electron chi connectivity index (χ2n) is 6.99. The number of piperidine rings is 1. The maximum atomic E-state index is 12.5. The van der Waals surface area contributed by atoms with Crippen LogP contribution in [0.25, 0.3) is 0 Å². The van der Waals surface area contributed by atoms with E-state index in [1.165, 1.54) is 0 Å². The highest BCUT2D eigenvalue weighted by Gasteiger charge is 2.57. The van der Waals surface area contributed by atoms with Crippen LogP contribution in [0.3, 0.4) is 0 Å². The number of aromatic nitrogens is 2. The normalized spacial score (nSPS) is 29.6. The maximum Gasteiger partial charge on any atom is 0.229 e. The zero-order chi connectivity index (χ0) is 15.0. The van der Waals surface area contributed by atoms with Gasteiger partial charge in [0.1, 0.15) is 5.82 Å². The van der Waals surface area contributed by atoms with E-state index in [1.54, 1.807) is 6.20 Å². The fraction of sp³-hybridized carbons (Fsp3) is 0.750. The Morgan fingerprint density at radius 1 is 1.50 bits per heavy atom. The third kappa shape index (κ3) is 2.65. The molecule has 6 nitrogen and oxygen atoms in total. The van der Waals surface area contributed by atoms with Crippen LogP contribution >= 0.6 is 0 Å². The van der Waals surface area contributed by atoms with Crippen molar-refractivity contribution in [2.45, 2.75) is 32.2 Å². The maximum absolute atomic E-state index is 12.5. The van der Waals surface area contributed by atoms with Gasteiger partial charge in [0, 0.05) is 31.1 Å². The van der Waals surface area contributed by atoms with Crippen LogP contribution in [0.15, 0.2) is 12.3 Å². The summed E-state index contributed by atoms with van der Waals surface area (Å²) < 4.78 is 7.33. The quantitative estimate of drug-likeness (QED) is 0.878. The number of hydrogen-bond acceptors (Lipinski definition) is 4. The SMILES string of the molecule is O=C(Nc1ccnn1CC1CCOC1)C1CC12CCNCC2. The van der Waals surface area contributed by atoms with Gasteiger partial charge in [-0.3, -0.25) is 4.79 Å². The zero-order valence-electron chi connectivity index (χ0n) is 12.9. The van der Waals surface area contributed by atoms with Crippen LogP contribution in [0.1, 0.15) is 25.7 Å². The molecule has 1 aromatic rings. The summed E-state index contributed by atoms with van der Waals surface area (Å²) in [5.41, 5.74) is 0.277. The van der Waals surface area contributed by atoms with Crippen LogP contribution in [0, 0.1) is 17.3 Å². The molecule has 1 spiro atoms. The van der Waals surface area contributed by atoms with Gasteiger partial charge in [0.15, 0.2) is 0 Å². The fourth-order valence-electron chi connectivity index (χ4n) is 3.97. The standard InChI is InChI=1S/C16H24N4O2/c21-15(13-9-16(13)3-6-17-7-4-16)19-14-1-5-18-20(14)10-12-2-8-22-11-12/h1,5,12-13,17H,2-4,6-11H2,(H,19,21). The number of anilines is 1. The Balaban J connectivity index is 1.37. The largest absolute Gasteiger partial charge is 0.381 e. The van der Waals surface area contributed by atoms with Crippen molar-refractivity contribution in [1.82, 2.24) is 15.1 Å². The van der Waals surface area contributed by atoms with E-state index in [1.807, 2.05) is 10.7 Å². The van der Waals surface area contributed by atoms with Gasteiger partial charge in [0.05, 0.1) is 12.8 Å². The van der Waals surface area contributed by atoms with Crippen molar-refractivity contribution in [1.29, 1.82) is 0 Å². The molecule has 1 saturated carbocycles. The number of carbonyl (C=O) groups excluding carboxylic acids is 1. The van der Waals surface area contributed by atoms with Crippen LogP contribution in [-0.4, -0.2) is 42.0 Å². The smallest absolute Gasteiger partial charge is 0.229 e. The predicted molar refractivity (Wildman–Crippen MR) is 82.4 cm³/mol. The molecule has 0 radical (unpaired) electrons. The van der Waals surface area contributed by atoms with Crippen molar-refractivity contribution in [3.63, 3.8) is 0 Å². The Kier molecular flexibility index (Phi) is 3.66. The molecule has 2 atom stereocenters. The van der Waals surface area contributed by atoms with Gasteiger partial charge in [-0.05, 0) is 44.2 Å². The molecule has 1 amide bonds. The first-order valence-electron chi connectivity index (χ1n) is 8.38. The third-order valence-corrected chi connectivity index (χ3v) is 5.53. The van der Waals surface area contributed by atoms with Crippen LogP contribution in [0.2, 0.25) is 0 Å². The van der Waals surface area contributed by atoms with Gasteiger partial charge in [0.25, 0.3) is 0 Å². The van der Waals surface area contributed by atoms with Gasteiger partial charge in [0.2, 0.25) is 5.91 Å². The second kappa shape index (κ2) is 5.66. The third-order valence-electron chi connectivity index (χ3n) is 5.53. The minimum Gasteiger partial charge on any atom is -0.381 e. The molecule has 6 heteroatoms. The van der Waals surface area contributed by atoms with Crippen LogP contribution < -0.4 is 10.6 Å². The van der Waals surface area contributed by atoms with E-state index >= 15 is 0 Å². The lowest BCUT2D eigenvalue weighted by Crippen LogP contribution is -2.32. The first kappa shape index (κ1) is 14.2. The monoisotopic (exact) mass is 304 g/mol. The van der Waals surface area contributed by atoms with E-state index in [4.69, 9.17) is 4.74 Å². The molecule has 0 aromatic carbocycles. The Labute approximate surface area is 130 Å². The number of nitrogens with zero attached hydrogens (tertiary/aromatic N) is 2. The van der Waals surface area contributed by atoms with Crippen LogP contribution in [0.5, 0.6) is 0 Å². The summed E-state index contributed by atoms with van der Waals surface area (Å²) in [7, 11) is 0. The molecule has 2 unspecified atom stereocenters. The zero-order valence-corrected chi connectivity index (χ0v) is 12.9. The molecule has 3 fully saturated rings. The van der Waals surface area contributed by atoms with Gasteiger partial charge in [-0.2, -0.15) is 5.10 Å². The van der Waals surface area contributed by atoms with Crippen molar-refractivity contribution < 1.29 is 9.53 Å². The number of rotatable bonds is 4. The van der Waals surface area contributed by atoms with Gasteiger partial charge < -0.3 is 15.4 Å². The Hall–Kier alpha value is -1.40. The summed E-state index contributed by atoms with van der Waals surface area (Å²) in [6.45, 7) is 4.55. The summed E-state index contributed by atoms with van der Waals surface area (Å²) in [5, 5.41) is 10.8. The van der Waals surface area contributed by atoms with Crippen LogP contribution in [-0.2, 0) is 16.1 Å². The van der Waals surface area contributed by atoms with Crippen molar-refractivity contribution in [2.24, 2.45) is 17.3 Å². The number of nitrogens with one attached hydrogen (secondary N) is 2. The highest BCUT2D eigenvalue weighted by molar-refractivity contribution is 5.94. The van der Waals surface area contributed by atoms with Crippen molar-refractivity contribution in [3.8, 4) is 0 Å². The van der Waals surface area contributed by atoms with Gasteiger partial charge in [-0.1, -0.05) is 0 Å². The van der Waals surface area contributed by atoms with Gasteiger partial charge in [-0.15, -0.1) is 0 Å². The molecule has 3 heterocycles. The molecule has 2 saturated heterocycles. The molecule has 1 aliphatic carbocycles. The number of hydrogen-bond donors (Lipinski definition) is 2. The van der Waals surface area contributed by atoms with Gasteiger partial charge in [-0.25, -0.2) is 4.68 Å². The number of amides is 1. The Bertz CT molecular complexity index is 544. The molecule has 0 bridgehead atoms. The molecule has 4 rings (SSSR count). The molecule has 2 aliphatic heterocycles. The van der Waals surface area contributed by atoms with E-state index in [0.29, 0.717) is 5.92 Å². The molecular formula is C16H24N4O2. The topological polar surface area (TPSA) is 68.2 Å². The summed E-state index contributed by atoms with van der Waals surface area (Å²) in [5.74, 6) is 1.69. The predicted octanol–water partition coefficient (Wildman–Crippen LogP) is 1.25. The molecule has 1 aromatic heterocycles. The molecule has 3 aliphatic rings. The van der Waals surface area contributed by atoms with Gasteiger partial charge >= 0.3 is 0 Å². The molecule has 2 N–H and O–H groups in total. The average molecular weight is 304 g/mol. The van der Waals surface area contributed by atoms with E-state index in [9.17, 15) is 4.79 Å². The number of ether oxygens (including phenoxy) is 1. The van der Waals surface area contributed by atoms with E-state index < -0.39 is 0 Å². The first-order chi connectivity index (χ1) is 10.8. The highest BCUT2D eigenvalue weighted by Crippen LogP contribution is 2.58. The molecule has 120 valence electrons. The summed E-state index contributed by atoms with van der Waals surface area (Å²) in [6.07, 6.45) is 6.14. The molecular weight excluding hydrogens is 280 g/mol. The number of carbonyl (C=O) groups is 1. The first-order valence-corrected chi connectivity index (χ1v) is 8.38. The molecule has 22 heavy (non-hydrogen) atoms. The van der Waals surface area contributed by atoms with E-state index in [2.05, 4.69) is 15.7 Å². The Morgan fingerprint density at radius 2 is 2.36 bits per heavy atom. The van der Waals surface area contributed by atoms with Crippen LogP contribution in [0.4, 0.5) is 5.82 Å². The summed E-state index contributed by atoms with van der Waals surface area (Å²) >= 11 is 0. The minimum absolute atomic E-state index is 0.173. The van der Waals surface area contributed by atoms with Crippen molar-refractivity contribution in [2.75, 3.05) is 31.6 Å². The Morgan fingerprint density at radius 3 is 3.14 bits per heavy atom. The second-order valence-corrected chi connectivity index (χ2v) is 6.99. The average Bonchev–Trinajstić information content (AvgIpc) is 2.91. The highest BCUT2D eigenvalue weighted by atomic mass is 16.5. The van der Waals surface area contributed by atoms with E-state index in [-0.39, 0.29) is 17.2 Å². The summed E-state index contributed by atoms with van der Waals surface area (Å²) in [6, 6.07) is 1.89. The van der Waals surface area contributed by atoms with E-state index in [0.717, 1.165) is 64.3 Å². The van der Waals surface area contributed by atoms with Crippen molar-refractivity contribution >= 4 is 11.7 Å². The minimum atomic E-state index is 0.173.